The molecule has 2 aliphatic rings. The van der Waals surface area contributed by atoms with Crippen molar-refractivity contribution in [2.24, 2.45) is 0 Å². The molecule has 0 atom stereocenters. The Balaban J connectivity index is 1.81. The van der Waals surface area contributed by atoms with E-state index >= 15 is 0 Å². The minimum absolute atomic E-state index is 0.145. The van der Waals surface area contributed by atoms with Gasteiger partial charge < -0.3 is 20.9 Å². The number of carbonyl (C=O) groups is 1. The summed E-state index contributed by atoms with van der Waals surface area (Å²) in [5.74, 6) is -0.145. The second-order valence-electron chi connectivity index (χ2n) is 6.43. The van der Waals surface area contributed by atoms with E-state index in [9.17, 15) is 10.1 Å². The zero-order valence-electron chi connectivity index (χ0n) is 15.1. The van der Waals surface area contributed by atoms with Gasteiger partial charge in [-0.1, -0.05) is 18.2 Å². The first-order chi connectivity index (χ1) is 13.5. The average Bonchev–Trinajstić information content (AvgIpc) is 2.88. The van der Waals surface area contributed by atoms with Gasteiger partial charge >= 0.3 is 0 Å². The number of aromatic nitrogens is 1. The molecule has 0 unspecified atom stereocenters. The van der Waals surface area contributed by atoms with E-state index in [1.807, 2.05) is 30.1 Å². The molecule has 7 nitrogen and oxygen atoms in total. The monoisotopic (exact) mass is 392 g/mol. The Morgan fingerprint density at radius 2 is 2.11 bits per heavy atom. The lowest BCUT2D eigenvalue weighted by Gasteiger charge is -2.32. The van der Waals surface area contributed by atoms with Crippen LogP contribution in [0.2, 0.25) is 5.15 Å². The van der Waals surface area contributed by atoms with E-state index < -0.39 is 0 Å². The number of nitriles is 1. The van der Waals surface area contributed by atoms with E-state index in [1.165, 1.54) is 0 Å². The van der Waals surface area contributed by atoms with Crippen molar-refractivity contribution in [3.63, 3.8) is 0 Å². The SMILES string of the molecule is C=C1C2=C(NCCNC2=O)c2cc(Nc3ccnc(Cl)c3C#N)ccc2N1C. The lowest BCUT2D eigenvalue weighted by molar-refractivity contribution is -0.117. The topological polar surface area (TPSA) is 93.1 Å². The fourth-order valence-electron chi connectivity index (χ4n) is 3.38. The number of nitrogens with zero attached hydrogens (tertiary/aromatic N) is 3. The van der Waals surface area contributed by atoms with Crippen molar-refractivity contribution in [1.82, 2.24) is 15.6 Å². The predicted molar refractivity (Wildman–Crippen MR) is 109 cm³/mol. The summed E-state index contributed by atoms with van der Waals surface area (Å²) >= 11 is 6.02. The minimum atomic E-state index is -0.145. The molecule has 4 rings (SSSR count). The second kappa shape index (κ2) is 6.91. The molecule has 1 aromatic carbocycles. The number of likely N-dealkylation sites (N-methyl/N-ethyl adjacent to an activating group) is 1. The molecule has 0 aliphatic carbocycles. The number of hydrogen-bond acceptors (Lipinski definition) is 6. The maximum Gasteiger partial charge on any atom is 0.255 e. The lowest BCUT2D eigenvalue weighted by Crippen LogP contribution is -2.32. The molecular formula is C20H17ClN6O. The van der Waals surface area contributed by atoms with Crippen molar-refractivity contribution in [2.75, 3.05) is 30.4 Å². The van der Waals surface area contributed by atoms with Crippen LogP contribution in [0.1, 0.15) is 11.1 Å². The van der Waals surface area contributed by atoms with Gasteiger partial charge in [-0.25, -0.2) is 4.98 Å². The largest absolute Gasteiger partial charge is 0.382 e. The van der Waals surface area contributed by atoms with Crippen LogP contribution >= 0.6 is 11.6 Å². The summed E-state index contributed by atoms with van der Waals surface area (Å²) in [6.45, 7) is 5.25. The van der Waals surface area contributed by atoms with Crippen LogP contribution in [-0.2, 0) is 4.79 Å². The van der Waals surface area contributed by atoms with Gasteiger partial charge in [0.1, 0.15) is 16.8 Å². The minimum Gasteiger partial charge on any atom is -0.382 e. The normalized spacial score (nSPS) is 15.7. The molecule has 0 fully saturated rings. The number of amides is 1. The second-order valence-corrected chi connectivity index (χ2v) is 6.79. The Hall–Kier alpha value is -3.50. The standard InChI is InChI=1S/C20H17ClN6O/c1-11-17-18(23-7-8-25-20(17)28)13-9-12(3-4-16(13)27(11)2)26-15-5-6-24-19(21)14(15)10-22/h3-6,9,23H,1,7-8H2,2H3,(H,24,26)(H,25,28). The van der Waals surface area contributed by atoms with Gasteiger partial charge in [-0.2, -0.15) is 5.26 Å². The van der Waals surface area contributed by atoms with E-state index in [4.69, 9.17) is 11.6 Å². The first-order valence-electron chi connectivity index (χ1n) is 8.66. The molecule has 2 aliphatic heterocycles. The smallest absolute Gasteiger partial charge is 0.255 e. The number of fused-ring (bicyclic) bond motifs is 2. The zero-order chi connectivity index (χ0) is 19.8. The summed E-state index contributed by atoms with van der Waals surface area (Å²) < 4.78 is 0. The van der Waals surface area contributed by atoms with Gasteiger partial charge in [-0.05, 0) is 24.3 Å². The number of halogens is 1. The number of benzene rings is 1. The van der Waals surface area contributed by atoms with Crippen molar-refractivity contribution in [3.05, 3.63) is 64.6 Å². The summed E-state index contributed by atoms with van der Waals surface area (Å²) in [5, 5.41) is 18.9. The molecule has 0 spiro atoms. The van der Waals surface area contributed by atoms with E-state index in [2.05, 4.69) is 33.6 Å². The van der Waals surface area contributed by atoms with E-state index in [0.717, 1.165) is 22.6 Å². The third-order valence-electron chi connectivity index (χ3n) is 4.81. The Bertz CT molecular complexity index is 1080. The molecule has 0 radical (unpaired) electrons. The third-order valence-corrected chi connectivity index (χ3v) is 5.09. The number of carbonyl (C=O) groups excluding carboxylic acids is 1. The molecule has 1 aromatic heterocycles. The van der Waals surface area contributed by atoms with Gasteiger partial charge in [0.25, 0.3) is 5.91 Å². The first kappa shape index (κ1) is 17.9. The molecule has 0 bridgehead atoms. The fourth-order valence-corrected chi connectivity index (χ4v) is 3.58. The fraction of sp³-hybridized carbons (Fsp3) is 0.150. The molecule has 140 valence electrons. The summed E-state index contributed by atoms with van der Waals surface area (Å²) in [4.78, 5) is 18.4. The van der Waals surface area contributed by atoms with Crippen molar-refractivity contribution < 1.29 is 4.79 Å². The van der Waals surface area contributed by atoms with E-state index in [1.54, 1.807) is 12.3 Å². The molecule has 0 saturated carbocycles. The van der Waals surface area contributed by atoms with Crippen molar-refractivity contribution in [1.29, 1.82) is 5.26 Å². The highest BCUT2D eigenvalue weighted by Gasteiger charge is 2.31. The third kappa shape index (κ3) is 2.84. The summed E-state index contributed by atoms with van der Waals surface area (Å²) in [5.41, 5.74) is 5.35. The Morgan fingerprint density at radius 1 is 1.32 bits per heavy atom. The van der Waals surface area contributed by atoms with E-state index in [0.29, 0.717) is 30.0 Å². The Kier molecular flexibility index (Phi) is 4.41. The molecular weight excluding hydrogens is 376 g/mol. The number of rotatable bonds is 2. The van der Waals surface area contributed by atoms with Crippen LogP contribution in [0.4, 0.5) is 17.1 Å². The van der Waals surface area contributed by atoms with Crippen molar-refractivity contribution in [2.45, 2.75) is 0 Å². The number of pyridine rings is 1. The maximum absolute atomic E-state index is 12.5. The molecule has 1 amide bonds. The molecule has 8 heteroatoms. The van der Waals surface area contributed by atoms with Crippen LogP contribution in [-0.4, -0.2) is 31.0 Å². The highest BCUT2D eigenvalue weighted by atomic mass is 35.5. The zero-order valence-corrected chi connectivity index (χ0v) is 15.9. The number of nitrogens with one attached hydrogen (secondary N) is 3. The van der Waals surface area contributed by atoms with Gasteiger partial charge in [-0.3, -0.25) is 4.79 Å². The van der Waals surface area contributed by atoms with Gasteiger partial charge in [0, 0.05) is 43.3 Å². The molecule has 28 heavy (non-hydrogen) atoms. The quantitative estimate of drug-likeness (QED) is 0.680. The number of hydrogen-bond donors (Lipinski definition) is 3. The Morgan fingerprint density at radius 3 is 2.89 bits per heavy atom. The summed E-state index contributed by atoms with van der Waals surface area (Å²) in [7, 11) is 1.88. The van der Waals surface area contributed by atoms with Gasteiger partial charge in [0.2, 0.25) is 0 Å². The molecule has 3 N–H and O–H groups in total. The van der Waals surface area contributed by atoms with Gasteiger partial charge in [-0.15, -0.1) is 0 Å². The van der Waals surface area contributed by atoms with Crippen LogP contribution in [0.5, 0.6) is 0 Å². The molecule has 3 heterocycles. The highest BCUT2D eigenvalue weighted by Crippen LogP contribution is 2.40. The van der Waals surface area contributed by atoms with Crippen molar-refractivity contribution >= 4 is 40.3 Å². The van der Waals surface area contributed by atoms with Crippen LogP contribution in [0, 0.1) is 11.3 Å². The average molecular weight is 393 g/mol. The van der Waals surface area contributed by atoms with E-state index in [-0.39, 0.29) is 16.6 Å². The van der Waals surface area contributed by atoms with Gasteiger partial charge in [0.05, 0.1) is 22.6 Å². The maximum atomic E-state index is 12.5. The first-order valence-corrected chi connectivity index (χ1v) is 9.04. The summed E-state index contributed by atoms with van der Waals surface area (Å²) in [6, 6.07) is 9.55. The van der Waals surface area contributed by atoms with Crippen LogP contribution in [0.3, 0.4) is 0 Å². The van der Waals surface area contributed by atoms with Gasteiger partial charge in [0.15, 0.2) is 0 Å². The van der Waals surface area contributed by atoms with Crippen LogP contribution in [0.15, 0.2) is 48.3 Å². The highest BCUT2D eigenvalue weighted by molar-refractivity contribution is 6.31. The molecule has 2 aromatic rings. The van der Waals surface area contributed by atoms with Crippen LogP contribution < -0.4 is 20.9 Å². The Labute approximate surface area is 167 Å². The van der Waals surface area contributed by atoms with Crippen LogP contribution in [0.25, 0.3) is 5.70 Å². The predicted octanol–water partition coefficient (Wildman–Crippen LogP) is 2.74. The molecule has 0 saturated heterocycles. The van der Waals surface area contributed by atoms with Crippen molar-refractivity contribution in [3.8, 4) is 6.07 Å². The lowest BCUT2D eigenvalue weighted by atomic mass is 9.95. The number of anilines is 3. The summed E-state index contributed by atoms with van der Waals surface area (Å²) in [6.07, 6.45) is 1.54.